The standard InChI is InChI=1S/C15H17N3O2/c1-2-12-10-18(8-7-14(12)17-20)15(19)13-5-3-11(9-16)4-6-13/h3-6,12,20H,2,7-8,10H2,1H3/b17-14+. The Hall–Kier alpha value is -2.35. The van der Waals surface area contributed by atoms with Crippen molar-refractivity contribution >= 4 is 11.6 Å². The highest BCUT2D eigenvalue weighted by Gasteiger charge is 2.28. The fraction of sp³-hybridized carbons (Fsp3) is 0.400. The zero-order valence-electron chi connectivity index (χ0n) is 11.4. The fourth-order valence-corrected chi connectivity index (χ4v) is 2.47. The number of hydrogen-bond acceptors (Lipinski definition) is 4. The van der Waals surface area contributed by atoms with E-state index in [0.717, 1.165) is 12.1 Å². The van der Waals surface area contributed by atoms with Crippen LogP contribution in [0.15, 0.2) is 29.4 Å². The van der Waals surface area contributed by atoms with Gasteiger partial charge in [-0.15, -0.1) is 0 Å². The maximum atomic E-state index is 12.4. The molecule has 1 fully saturated rings. The van der Waals surface area contributed by atoms with E-state index in [1.54, 1.807) is 29.2 Å². The van der Waals surface area contributed by atoms with Crippen molar-refractivity contribution in [3.05, 3.63) is 35.4 Å². The minimum Gasteiger partial charge on any atom is -0.411 e. The van der Waals surface area contributed by atoms with E-state index < -0.39 is 0 Å². The van der Waals surface area contributed by atoms with Crippen LogP contribution >= 0.6 is 0 Å². The van der Waals surface area contributed by atoms with Gasteiger partial charge in [-0.1, -0.05) is 12.1 Å². The summed E-state index contributed by atoms with van der Waals surface area (Å²) in [7, 11) is 0. The normalized spacial score (nSPS) is 20.7. The minimum atomic E-state index is -0.0371. The lowest BCUT2D eigenvalue weighted by Crippen LogP contribution is -2.44. The van der Waals surface area contributed by atoms with Crippen molar-refractivity contribution in [3.63, 3.8) is 0 Å². The molecule has 1 saturated heterocycles. The molecule has 0 spiro atoms. The molecule has 1 N–H and O–H groups in total. The van der Waals surface area contributed by atoms with Gasteiger partial charge in [-0.25, -0.2) is 0 Å². The molecule has 0 aromatic heterocycles. The van der Waals surface area contributed by atoms with Gasteiger partial charge in [0.2, 0.25) is 0 Å². The molecule has 1 aromatic rings. The number of carbonyl (C=O) groups excluding carboxylic acids is 1. The number of piperidine rings is 1. The molecule has 1 unspecified atom stereocenters. The summed E-state index contributed by atoms with van der Waals surface area (Å²) >= 11 is 0. The summed E-state index contributed by atoms with van der Waals surface area (Å²) in [5.74, 6) is 0.0843. The van der Waals surface area contributed by atoms with Crippen molar-refractivity contribution in [2.75, 3.05) is 13.1 Å². The summed E-state index contributed by atoms with van der Waals surface area (Å²) < 4.78 is 0. The summed E-state index contributed by atoms with van der Waals surface area (Å²) in [4.78, 5) is 14.2. The van der Waals surface area contributed by atoms with Gasteiger partial charge in [0.1, 0.15) is 0 Å². The molecule has 0 aliphatic carbocycles. The second kappa shape index (κ2) is 6.20. The van der Waals surface area contributed by atoms with E-state index in [1.807, 2.05) is 13.0 Å². The lowest BCUT2D eigenvalue weighted by molar-refractivity contribution is 0.0729. The number of nitrogens with zero attached hydrogens (tertiary/aromatic N) is 3. The molecule has 104 valence electrons. The van der Waals surface area contributed by atoms with Crippen molar-refractivity contribution in [3.8, 4) is 6.07 Å². The van der Waals surface area contributed by atoms with Crippen LogP contribution < -0.4 is 0 Å². The van der Waals surface area contributed by atoms with Gasteiger partial charge in [-0.05, 0) is 30.7 Å². The number of likely N-dealkylation sites (tertiary alicyclic amines) is 1. The first-order valence-corrected chi connectivity index (χ1v) is 6.69. The maximum absolute atomic E-state index is 12.4. The molecular formula is C15H17N3O2. The second-order valence-corrected chi connectivity index (χ2v) is 4.89. The average molecular weight is 271 g/mol. The third kappa shape index (κ3) is 2.80. The molecule has 1 aliphatic rings. The van der Waals surface area contributed by atoms with Crippen LogP contribution in [0, 0.1) is 17.2 Å². The molecule has 1 amide bonds. The number of oxime groups is 1. The number of nitriles is 1. The summed E-state index contributed by atoms with van der Waals surface area (Å²) in [5, 5.41) is 21.0. The zero-order valence-corrected chi connectivity index (χ0v) is 11.4. The molecule has 20 heavy (non-hydrogen) atoms. The van der Waals surface area contributed by atoms with Crippen LogP contribution in [0.1, 0.15) is 35.7 Å². The van der Waals surface area contributed by atoms with E-state index >= 15 is 0 Å². The van der Waals surface area contributed by atoms with Crippen LogP contribution in [-0.4, -0.2) is 34.8 Å². The number of benzene rings is 1. The lowest BCUT2D eigenvalue weighted by atomic mass is 9.93. The van der Waals surface area contributed by atoms with Crippen LogP contribution in [0.5, 0.6) is 0 Å². The predicted octanol–water partition coefficient (Wildman–Crippen LogP) is 2.26. The Balaban J connectivity index is 2.11. The Bertz CT molecular complexity index is 557. The largest absolute Gasteiger partial charge is 0.411 e. The van der Waals surface area contributed by atoms with Crippen molar-refractivity contribution in [1.29, 1.82) is 5.26 Å². The van der Waals surface area contributed by atoms with E-state index in [0.29, 0.717) is 30.6 Å². The van der Waals surface area contributed by atoms with Crippen LogP contribution in [0.2, 0.25) is 0 Å². The number of hydrogen-bond donors (Lipinski definition) is 1. The Morgan fingerprint density at radius 3 is 2.75 bits per heavy atom. The van der Waals surface area contributed by atoms with Gasteiger partial charge in [0.05, 0.1) is 17.3 Å². The van der Waals surface area contributed by atoms with Gasteiger partial charge >= 0.3 is 0 Å². The van der Waals surface area contributed by atoms with Crippen LogP contribution in [0.3, 0.4) is 0 Å². The monoisotopic (exact) mass is 271 g/mol. The predicted molar refractivity (Wildman–Crippen MR) is 74.7 cm³/mol. The highest BCUT2D eigenvalue weighted by molar-refractivity contribution is 5.96. The smallest absolute Gasteiger partial charge is 0.253 e. The SMILES string of the molecule is CCC1CN(C(=O)c2ccc(C#N)cc2)CC/C1=N\O. The van der Waals surface area contributed by atoms with Crippen molar-refractivity contribution < 1.29 is 10.0 Å². The molecule has 1 heterocycles. The summed E-state index contributed by atoms with van der Waals surface area (Å²) in [6.45, 7) is 3.16. The van der Waals surface area contributed by atoms with Crippen LogP contribution in [0.4, 0.5) is 0 Å². The summed E-state index contributed by atoms with van der Waals surface area (Å²) in [6.07, 6.45) is 1.45. The van der Waals surface area contributed by atoms with E-state index in [2.05, 4.69) is 5.16 Å². The topological polar surface area (TPSA) is 76.7 Å². The quantitative estimate of drug-likeness (QED) is 0.662. The van der Waals surface area contributed by atoms with Gasteiger partial charge < -0.3 is 10.1 Å². The molecule has 0 saturated carbocycles. The van der Waals surface area contributed by atoms with Crippen LogP contribution in [0.25, 0.3) is 0 Å². The Labute approximate surface area is 118 Å². The Morgan fingerprint density at radius 2 is 2.20 bits per heavy atom. The van der Waals surface area contributed by atoms with Gasteiger partial charge in [0, 0.05) is 31.0 Å². The van der Waals surface area contributed by atoms with Gasteiger partial charge in [0.15, 0.2) is 0 Å². The third-order valence-corrected chi connectivity index (χ3v) is 3.72. The highest BCUT2D eigenvalue weighted by Crippen LogP contribution is 2.19. The van der Waals surface area contributed by atoms with E-state index in [9.17, 15) is 4.79 Å². The molecule has 0 radical (unpaired) electrons. The molecule has 2 rings (SSSR count). The summed E-state index contributed by atoms with van der Waals surface area (Å²) in [5.41, 5.74) is 1.90. The van der Waals surface area contributed by atoms with Crippen molar-refractivity contribution in [2.45, 2.75) is 19.8 Å². The van der Waals surface area contributed by atoms with Crippen molar-refractivity contribution in [1.82, 2.24) is 4.90 Å². The first kappa shape index (κ1) is 14.1. The molecule has 1 aromatic carbocycles. The lowest BCUT2D eigenvalue weighted by Gasteiger charge is -2.32. The van der Waals surface area contributed by atoms with E-state index in [-0.39, 0.29) is 11.8 Å². The third-order valence-electron chi connectivity index (χ3n) is 3.72. The fourth-order valence-electron chi connectivity index (χ4n) is 2.47. The van der Waals surface area contributed by atoms with Gasteiger partial charge in [-0.3, -0.25) is 4.79 Å². The van der Waals surface area contributed by atoms with Crippen LogP contribution in [-0.2, 0) is 0 Å². The van der Waals surface area contributed by atoms with Gasteiger partial charge in [0.25, 0.3) is 5.91 Å². The molecule has 5 heteroatoms. The minimum absolute atomic E-state index is 0.0371. The van der Waals surface area contributed by atoms with Crippen molar-refractivity contribution in [2.24, 2.45) is 11.1 Å². The summed E-state index contributed by atoms with van der Waals surface area (Å²) in [6, 6.07) is 8.69. The number of amides is 1. The zero-order chi connectivity index (χ0) is 14.5. The van der Waals surface area contributed by atoms with E-state index in [4.69, 9.17) is 10.5 Å². The molecule has 1 atom stereocenters. The Morgan fingerprint density at radius 1 is 1.50 bits per heavy atom. The average Bonchev–Trinajstić information content (AvgIpc) is 2.53. The Kier molecular flexibility index (Phi) is 4.36. The number of carbonyl (C=O) groups is 1. The second-order valence-electron chi connectivity index (χ2n) is 4.89. The molecular weight excluding hydrogens is 254 g/mol. The molecule has 5 nitrogen and oxygen atoms in total. The number of rotatable bonds is 2. The van der Waals surface area contributed by atoms with Gasteiger partial charge in [-0.2, -0.15) is 5.26 Å². The maximum Gasteiger partial charge on any atom is 0.253 e. The highest BCUT2D eigenvalue weighted by atomic mass is 16.4. The molecule has 0 bridgehead atoms. The molecule has 1 aliphatic heterocycles. The first-order valence-electron chi connectivity index (χ1n) is 6.69. The van der Waals surface area contributed by atoms with E-state index in [1.165, 1.54) is 0 Å². The first-order chi connectivity index (χ1) is 9.69.